The molecule has 20 heavy (non-hydrogen) atoms. The first kappa shape index (κ1) is 15.1. The summed E-state index contributed by atoms with van der Waals surface area (Å²) < 4.78 is 10.8. The molecule has 1 aromatic rings. The number of fused-ring (bicyclic) bond motifs is 1. The summed E-state index contributed by atoms with van der Waals surface area (Å²) in [5.74, 6) is 2.34. The molecule has 0 spiro atoms. The molecule has 4 heteroatoms. The van der Waals surface area contributed by atoms with Crippen molar-refractivity contribution >= 4 is 0 Å². The molecule has 4 nitrogen and oxygen atoms in total. The zero-order valence-corrected chi connectivity index (χ0v) is 12.8. The minimum absolute atomic E-state index is 0.239. The Morgan fingerprint density at radius 1 is 1.25 bits per heavy atom. The van der Waals surface area contributed by atoms with Gasteiger partial charge in [0.2, 0.25) is 6.79 Å². The van der Waals surface area contributed by atoms with Crippen molar-refractivity contribution in [1.29, 1.82) is 0 Å². The maximum Gasteiger partial charge on any atom is 0.231 e. The standard InChI is InChI=1S/C16H26N2O2/c1-4-12(3)10-18(5-2)14(9-17)13-6-7-15-16(8-13)20-11-19-15/h6-8,12,14H,4-5,9-11,17H2,1-3H3. The third kappa shape index (κ3) is 3.25. The molecule has 0 radical (unpaired) electrons. The van der Waals surface area contributed by atoms with Gasteiger partial charge in [0, 0.05) is 19.1 Å². The largest absolute Gasteiger partial charge is 0.454 e. The van der Waals surface area contributed by atoms with E-state index in [0.717, 1.165) is 24.6 Å². The fraction of sp³-hybridized carbons (Fsp3) is 0.625. The Labute approximate surface area is 121 Å². The van der Waals surface area contributed by atoms with E-state index in [9.17, 15) is 0 Å². The van der Waals surface area contributed by atoms with Gasteiger partial charge in [0.15, 0.2) is 11.5 Å². The highest BCUT2D eigenvalue weighted by atomic mass is 16.7. The molecule has 1 heterocycles. The molecule has 112 valence electrons. The Hall–Kier alpha value is -1.26. The summed E-state index contributed by atoms with van der Waals surface area (Å²) in [7, 11) is 0. The van der Waals surface area contributed by atoms with E-state index >= 15 is 0 Å². The number of hydrogen-bond acceptors (Lipinski definition) is 4. The topological polar surface area (TPSA) is 47.7 Å². The van der Waals surface area contributed by atoms with E-state index in [-0.39, 0.29) is 6.04 Å². The van der Waals surface area contributed by atoms with Crippen molar-refractivity contribution in [1.82, 2.24) is 4.90 Å². The van der Waals surface area contributed by atoms with Crippen molar-refractivity contribution in [3.8, 4) is 11.5 Å². The van der Waals surface area contributed by atoms with E-state index in [2.05, 4.69) is 37.8 Å². The van der Waals surface area contributed by atoms with Gasteiger partial charge in [-0.3, -0.25) is 4.90 Å². The molecule has 0 amide bonds. The summed E-state index contributed by atoms with van der Waals surface area (Å²) in [5.41, 5.74) is 7.24. The maximum absolute atomic E-state index is 6.03. The molecule has 2 rings (SSSR count). The molecule has 0 bridgehead atoms. The van der Waals surface area contributed by atoms with Crippen LogP contribution in [-0.4, -0.2) is 31.3 Å². The average Bonchev–Trinajstić information content (AvgIpc) is 2.94. The predicted octanol–water partition coefficient (Wildman–Crippen LogP) is 2.78. The summed E-state index contributed by atoms with van der Waals surface area (Å²) >= 11 is 0. The van der Waals surface area contributed by atoms with Gasteiger partial charge in [0.1, 0.15) is 0 Å². The first-order valence-electron chi connectivity index (χ1n) is 7.53. The number of benzene rings is 1. The Morgan fingerprint density at radius 3 is 2.65 bits per heavy atom. The second-order valence-electron chi connectivity index (χ2n) is 5.47. The summed E-state index contributed by atoms with van der Waals surface area (Å²) in [6.07, 6.45) is 1.19. The number of rotatable bonds is 7. The van der Waals surface area contributed by atoms with Crippen LogP contribution in [0.3, 0.4) is 0 Å². The van der Waals surface area contributed by atoms with Crippen LogP contribution in [0.15, 0.2) is 18.2 Å². The molecule has 1 aliphatic rings. The van der Waals surface area contributed by atoms with Crippen LogP contribution in [0.1, 0.15) is 38.8 Å². The van der Waals surface area contributed by atoms with Crippen LogP contribution in [0.2, 0.25) is 0 Å². The van der Waals surface area contributed by atoms with E-state index in [1.165, 1.54) is 12.0 Å². The molecule has 0 aliphatic carbocycles. The number of hydrogen-bond donors (Lipinski definition) is 1. The van der Waals surface area contributed by atoms with Gasteiger partial charge in [-0.2, -0.15) is 0 Å². The Kier molecular flexibility index (Phi) is 5.26. The molecular weight excluding hydrogens is 252 g/mol. The zero-order valence-electron chi connectivity index (χ0n) is 12.8. The van der Waals surface area contributed by atoms with Crippen molar-refractivity contribution in [2.24, 2.45) is 11.7 Å². The Balaban J connectivity index is 2.17. The van der Waals surface area contributed by atoms with Gasteiger partial charge in [-0.15, -0.1) is 0 Å². The third-order valence-corrected chi connectivity index (χ3v) is 4.09. The fourth-order valence-corrected chi connectivity index (χ4v) is 2.62. The summed E-state index contributed by atoms with van der Waals surface area (Å²) in [6.45, 7) is 9.72. The van der Waals surface area contributed by atoms with E-state index < -0.39 is 0 Å². The zero-order chi connectivity index (χ0) is 14.5. The lowest BCUT2D eigenvalue weighted by molar-refractivity contribution is 0.173. The fourth-order valence-electron chi connectivity index (χ4n) is 2.62. The molecule has 0 fully saturated rings. The molecule has 2 atom stereocenters. The van der Waals surface area contributed by atoms with Crippen LogP contribution in [0.25, 0.3) is 0 Å². The lowest BCUT2D eigenvalue weighted by atomic mass is 10.0. The second kappa shape index (κ2) is 6.95. The minimum atomic E-state index is 0.239. The Bertz CT molecular complexity index is 436. The average molecular weight is 278 g/mol. The van der Waals surface area contributed by atoms with Gasteiger partial charge >= 0.3 is 0 Å². The van der Waals surface area contributed by atoms with Crippen LogP contribution in [0.5, 0.6) is 11.5 Å². The summed E-state index contributed by atoms with van der Waals surface area (Å²) in [6, 6.07) is 6.39. The van der Waals surface area contributed by atoms with Crippen molar-refractivity contribution in [3.63, 3.8) is 0 Å². The molecular formula is C16H26N2O2. The molecule has 0 saturated carbocycles. The van der Waals surface area contributed by atoms with E-state index in [4.69, 9.17) is 15.2 Å². The normalized spacial score (nSPS) is 16.4. The lowest BCUT2D eigenvalue weighted by Crippen LogP contribution is -2.36. The van der Waals surface area contributed by atoms with Gasteiger partial charge in [-0.1, -0.05) is 33.3 Å². The van der Waals surface area contributed by atoms with Crippen molar-refractivity contribution in [2.45, 2.75) is 33.2 Å². The van der Waals surface area contributed by atoms with Gasteiger partial charge in [-0.25, -0.2) is 0 Å². The van der Waals surface area contributed by atoms with Crippen LogP contribution in [-0.2, 0) is 0 Å². The quantitative estimate of drug-likeness (QED) is 0.833. The number of nitrogens with two attached hydrogens (primary N) is 1. The summed E-state index contributed by atoms with van der Waals surface area (Å²) in [4.78, 5) is 2.45. The number of ether oxygens (including phenoxy) is 2. The molecule has 1 aliphatic heterocycles. The summed E-state index contributed by atoms with van der Waals surface area (Å²) in [5, 5.41) is 0. The monoisotopic (exact) mass is 278 g/mol. The molecule has 0 aromatic heterocycles. The van der Waals surface area contributed by atoms with Crippen molar-refractivity contribution < 1.29 is 9.47 Å². The molecule has 2 unspecified atom stereocenters. The lowest BCUT2D eigenvalue weighted by Gasteiger charge is -2.32. The SMILES string of the molecule is CCC(C)CN(CC)C(CN)c1ccc2c(c1)OCO2. The highest BCUT2D eigenvalue weighted by Gasteiger charge is 2.22. The van der Waals surface area contributed by atoms with E-state index in [1.807, 2.05) is 6.07 Å². The first-order valence-corrected chi connectivity index (χ1v) is 7.53. The van der Waals surface area contributed by atoms with Crippen LogP contribution < -0.4 is 15.2 Å². The molecule has 0 saturated heterocycles. The van der Waals surface area contributed by atoms with Gasteiger partial charge < -0.3 is 15.2 Å². The van der Waals surface area contributed by atoms with Crippen molar-refractivity contribution in [2.75, 3.05) is 26.4 Å². The molecule has 1 aromatic carbocycles. The highest BCUT2D eigenvalue weighted by molar-refractivity contribution is 5.45. The predicted molar refractivity (Wildman–Crippen MR) is 81.1 cm³/mol. The van der Waals surface area contributed by atoms with Gasteiger partial charge in [0.25, 0.3) is 0 Å². The van der Waals surface area contributed by atoms with E-state index in [0.29, 0.717) is 19.3 Å². The second-order valence-corrected chi connectivity index (χ2v) is 5.47. The molecule has 2 N–H and O–H groups in total. The smallest absolute Gasteiger partial charge is 0.231 e. The minimum Gasteiger partial charge on any atom is -0.454 e. The van der Waals surface area contributed by atoms with Crippen molar-refractivity contribution in [3.05, 3.63) is 23.8 Å². The van der Waals surface area contributed by atoms with Crippen LogP contribution in [0, 0.1) is 5.92 Å². The Morgan fingerprint density at radius 2 is 2.00 bits per heavy atom. The van der Waals surface area contributed by atoms with Gasteiger partial charge in [0.05, 0.1) is 0 Å². The van der Waals surface area contributed by atoms with E-state index in [1.54, 1.807) is 0 Å². The number of likely N-dealkylation sites (N-methyl/N-ethyl adjacent to an activating group) is 1. The van der Waals surface area contributed by atoms with Crippen LogP contribution >= 0.6 is 0 Å². The van der Waals surface area contributed by atoms with Crippen LogP contribution in [0.4, 0.5) is 0 Å². The highest BCUT2D eigenvalue weighted by Crippen LogP contribution is 2.35. The third-order valence-electron chi connectivity index (χ3n) is 4.09. The first-order chi connectivity index (χ1) is 9.69. The maximum atomic E-state index is 6.03. The van der Waals surface area contributed by atoms with Gasteiger partial charge in [-0.05, 0) is 30.2 Å². The number of nitrogens with zero attached hydrogens (tertiary/aromatic N) is 1.